The fourth-order valence-electron chi connectivity index (χ4n) is 2.29. The van der Waals surface area contributed by atoms with Crippen LogP contribution in [-0.4, -0.2) is 10.8 Å². The number of aromatic nitrogens is 1. The van der Waals surface area contributed by atoms with Crippen LogP contribution in [0.3, 0.4) is 0 Å². The van der Waals surface area contributed by atoms with Crippen molar-refractivity contribution in [2.75, 3.05) is 0 Å². The van der Waals surface area contributed by atoms with Crippen molar-refractivity contribution in [3.8, 4) is 0 Å². The quantitative estimate of drug-likeness (QED) is 0.750. The molecule has 1 atom stereocenters. The lowest BCUT2D eigenvalue weighted by atomic mass is 10.0. The van der Waals surface area contributed by atoms with Crippen molar-refractivity contribution < 1.29 is 9.21 Å². The number of Topliss-reactive ketones (excluding diaryl/α,β-unsaturated/α-hetero) is 1. The molecule has 0 bridgehead atoms. The van der Waals surface area contributed by atoms with Crippen LogP contribution >= 0.6 is 0 Å². The zero-order valence-electron chi connectivity index (χ0n) is 9.18. The van der Waals surface area contributed by atoms with Gasteiger partial charge in [-0.1, -0.05) is 12.1 Å². The summed E-state index contributed by atoms with van der Waals surface area (Å²) < 4.78 is 5.18. The highest BCUT2D eigenvalue weighted by atomic mass is 16.4. The van der Waals surface area contributed by atoms with Gasteiger partial charge in [-0.15, -0.1) is 0 Å². The molecule has 1 aromatic carbocycles. The molecule has 0 radical (unpaired) electrons. The summed E-state index contributed by atoms with van der Waals surface area (Å²) in [5, 5.41) is 0. The molecule has 3 rings (SSSR count). The third-order valence-corrected chi connectivity index (χ3v) is 3.15. The summed E-state index contributed by atoms with van der Waals surface area (Å²) in [6, 6.07) is 7.09. The van der Waals surface area contributed by atoms with E-state index in [1.807, 2.05) is 6.07 Å². The number of benzene rings is 1. The van der Waals surface area contributed by atoms with Gasteiger partial charge in [-0.3, -0.25) is 4.79 Å². The van der Waals surface area contributed by atoms with Crippen molar-refractivity contribution in [2.24, 2.45) is 0 Å². The second kappa shape index (κ2) is 3.80. The molecule has 4 nitrogen and oxygen atoms in total. The molecule has 0 saturated heterocycles. The van der Waals surface area contributed by atoms with Crippen LogP contribution in [0.25, 0.3) is 11.1 Å². The van der Waals surface area contributed by atoms with Crippen LogP contribution in [0, 0.1) is 0 Å². The number of nitrogens with zero attached hydrogens (tertiary/aromatic N) is 1. The van der Waals surface area contributed by atoms with Gasteiger partial charge in [0.15, 0.2) is 5.58 Å². The van der Waals surface area contributed by atoms with Gasteiger partial charge in [0.25, 0.3) is 0 Å². The number of hydrogen-bond acceptors (Lipinski definition) is 4. The lowest BCUT2D eigenvalue weighted by molar-refractivity contribution is -0.118. The number of fused-ring (bicyclic) bond motifs is 1. The van der Waals surface area contributed by atoms with Gasteiger partial charge in [-0.25, -0.2) is 9.78 Å². The Bertz CT molecular complexity index is 644. The van der Waals surface area contributed by atoms with Crippen LogP contribution in [0.1, 0.15) is 30.9 Å². The average molecular weight is 229 g/mol. The van der Waals surface area contributed by atoms with Gasteiger partial charge in [0, 0.05) is 6.42 Å². The van der Waals surface area contributed by atoms with Crippen molar-refractivity contribution >= 4 is 16.9 Å². The van der Waals surface area contributed by atoms with E-state index in [1.165, 1.54) is 0 Å². The zero-order valence-corrected chi connectivity index (χ0v) is 9.18. The predicted molar refractivity (Wildman–Crippen MR) is 61.9 cm³/mol. The Morgan fingerprint density at radius 1 is 1.24 bits per heavy atom. The molecular weight excluding hydrogens is 218 g/mol. The van der Waals surface area contributed by atoms with Gasteiger partial charge >= 0.3 is 5.63 Å². The number of carbonyl (C=O) groups excluding carboxylic acids is 1. The molecular formula is C13H11NO3. The van der Waals surface area contributed by atoms with E-state index in [0.717, 1.165) is 6.42 Å². The largest absolute Gasteiger partial charge is 0.420 e. The number of rotatable bonds is 1. The molecule has 0 aliphatic heterocycles. The predicted octanol–water partition coefficient (Wildman–Crippen LogP) is 2.02. The van der Waals surface area contributed by atoms with Crippen molar-refractivity contribution in [3.63, 3.8) is 0 Å². The third-order valence-electron chi connectivity index (χ3n) is 3.15. The number of para-hydroxylation sites is 2. The highest BCUT2D eigenvalue weighted by Crippen LogP contribution is 2.28. The van der Waals surface area contributed by atoms with Crippen molar-refractivity contribution in [2.45, 2.75) is 25.2 Å². The van der Waals surface area contributed by atoms with E-state index in [1.54, 1.807) is 18.2 Å². The smallest absolute Gasteiger partial charge is 0.358 e. The van der Waals surface area contributed by atoms with Crippen LogP contribution in [-0.2, 0) is 4.79 Å². The van der Waals surface area contributed by atoms with E-state index in [0.29, 0.717) is 23.9 Å². The first-order chi connectivity index (χ1) is 8.25. The maximum absolute atomic E-state index is 11.8. The van der Waals surface area contributed by atoms with Crippen LogP contribution in [0.4, 0.5) is 0 Å². The van der Waals surface area contributed by atoms with Gasteiger partial charge in [0.1, 0.15) is 17.0 Å². The first-order valence-corrected chi connectivity index (χ1v) is 5.68. The molecule has 1 unspecified atom stereocenters. The zero-order chi connectivity index (χ0) is 11.8. The highest BCUT2D eigenvalue weighted by Gasteiger charge is 2.30. The molecule has 1 aromatic heterocycles. The van der Waals surface area contributed by atoms with Gasteiger partial charge in [0.2, 0.25) is 0 Å². The van der Waals surface area contributed by atoms with Crippen LogP contribution in [0.5, 0.6) is 0 Å². The number of carbonyl (C=O) groups is 1. The fourth-order valence-corrected chi connectivity index (χ4v) is 2.29. The molecule has 1 aliphatic carbocycles. The van der Waals surface area contributed by atoms with Crippen molar-refractivity contribution in [1.82, 2.24) is 4.98 Å². The second-order valence-electron chi connectivity index (χ2n) is 4.27. The average Bonchev–Trinajstić information content (AvgIpc) is 2.74. The van der Waals surface area contributed by atoms with Crippen LogP contribution < -0.4 is 5.63 Å². The van der Waals surface area contributed by atoms with E-state index in [4.69, 9.17) is 4.42 Å². The second-order valence-corrected chi connectivity index (χ2v) is 4.27. The normalized spacial score (nSPS) is 20.0. The lowest BCUT2D eigenvalue weighted by Crippen LogP contribution is -2.17. The SMILES string of the molecule is O=C1CCCC1c1nc2ccccc2oc1=O. The minimum atomic E-state index is -0.482. The van der Waals surface area contributed by atoms with E-state index < -0.39 is 5.63 Å². The summed E-state index contributed by atoms with van der Waals surface area (Å²) in [4.78, 5) is 27.7. The lowest BCUT2D eigenvalue weighted by Gasteiger charge is -2.05. The van der Waals surface area contributed by atoms with Gasteiger partial charge in [-0.05, 0) is 25.0 Å². The summed E-state index contributed by atoms with van der Waals surface area (Å²) in [6.07, 6.45) is 2.07. The van der Waals surface area contributed by atoms with E-state index in [9.17, 15) is 9.59 Å². The molecule has 0 spiro atoms. The third kappa shape index (κ3) is 1.65. The molecule has 17 heavy (non-hydrogen) atoms. The Morgan fingerprint density at radius 2 is 2.06 bits per heavy atom. The van der Waals surface area contributed by atoms with Crippen molar-refractivity contribution in [3.05, 3.63) is 40.4 Å². The number of ketones is 1. The minimum Gasteiger partial charge on any atom is -0.420 e. The van der Waals surface area contributed by atoms with Crippen LogP contribution in [0.15, 0.2) is 33.5 Å². The Morgan fingerprint density at radius 3 is 2.82 bits per heavy atom. The summed E-state index contributed by atoms with van der Waals surface area (Å²) >= 11 is 0. The first-order valence-electron chi connectivity index (χ1n) is 5.68. The maximum atomic E-state index is 11.8. The highest BCUT2D eigenvalue weighted by molar-refractivity contribution is 5.87. The molecule has 1 fully saturated rings. The Labute approximate surface area is 97.3 Å². The first kappa shape index (κ1) is 10.2. The molecule has 2 aromatic rings. The summed E-state index contributed by atoms with van der Waals surface area (Å²) in [5.41, 5.74) is 0.878. The molecule has 0 N–H and O–H groups in total. The maximum Gasteiger partial charge on any atom is 0.358 e. The summed E-state index contributed by atoms with van der Waals surface area (Å²) in [5.74, 6) is -0.268. The fraction of sp³-hybridized carbons (Fsp3) is 0.308. The summed E-state index contributed by atoms with van der Waals surface area (Å²) in [6.45, 7) is 0. The van der Waals surface area contributed by atoms with E-state index in [-0.39, 0.29) is 17.4 Å². The molecule has 1 saturated carbocycles. The molecule has 1 heterocycles. The topological polar surface area (TPSA) is 60.2 Å². The molecule has 86 valence electrons. The van der Waals surface area contributed by atoms with Crippen molar-refractivity contribution in [1.29, 1.82) is 0 Å². The Kier molecular flexibility index (Phi) is 2.28. The molecule has 0 amide bonds. The number of hydrogen-bond donors (Lipinski definition) is 0. The Balaban J connectivity index is 2.19. The standard InChI is InChI=1S/C13H11NO3/c15-10-6-3-4-8(10)12-13(16)17-11-7-2-1-5-9(11)14-12/h1-2,5,7-8H,3-4,6H2. The van der Waals surface area contributed by atoms with E-state index >= 15 is 0 Å². The van der Waals surface area contributed by atoms with Gasteiger partial charge in [0.05, 0.1) is 5.92 Å². The molecule has 1 aliphatic rings. The van der Waals surface area contributed by atoms with Crippen LogP contribution in [0.2, 0.25) is 0 Å². The summed E-state index contributed by atoms with van der Waals surface area (Å²) in [7, 11) is 0. The van der Waals surface area contributed by atoms with Gasteiger partial charge < -0.3 is 4.42 Å². The molecule has 4 heteroatoms. The Hall–Kier alpha value is -1.97. The van der Waals surface area contributed by atoms with E-state index in [2.05, 4.69) is 4.98 Å². The minimum absolute atomic E-state index is 0.0973. The monoisotopic (exact) mass is 229 g/mol. The van der Waals surface area contributed by atoms with Gasteiger partial charge in [-0.2, -0.15) is 0 Å².